The Balaban J connectivity index is 2.09. The first kappa shape index (κ1) is 17.8. The molecule has 7 nitrogen and oxygen atoms in total. The molecule has 0 aromatic carbocycles. The maximum Gasteiger partial charge on any atom is 0.407 e. The summed E-state index contributed by atoms with van der Waals surface area (Å²) in [6.07, 6.45) is 1.84. The van der Waals surface area contributed by atoms with Gasteiger partial charge in [-0.2, -0.15) is 5.10 Å². The molecule has 0 aliphatic carbocycles. The van der Waals surface area contributed by atoms with Gasteiger partial charge in [0.1, 0.15) is 5.02 Å². The quantitative estimate of drug-likeness (QED) is 0.809. The summed E-state index contributed by atoms with van der Waals surface area (Å²) in [5.41, 5.74) is 0.191. The van der Waals surface area contributed by atoms with E-state index in [1.54, 1.807) is 10.6 Å². The van der Waals surface area contributed by atoms with Crippen molar-refractivity contribution in [3.63, 3.8) is 0 Å². The molecule has 3 heterocycles. The minimum Gasteiger partial charge on any atom is -0.465 e. The van der Waals surface area contributed by atoms with Gasteiger partial charge in [-0.1, -0.05) is 32.4 Å². The SMILES string of the molecule is CC(C)(C)C1(C)CC(c2cc(=O)[nH]c3c(Cl)cnn23)CCN1C(=O)O. The van der Waals surface area contributed by atoms with Gasteiger partial charge >= 0.3 is 6.09 Å². The zero-order valence-corrected chi connectivity index (χ0v) is 15.6. The Kier molecular flexibility index (Phi) is 4.10. The summed E-state index contributed by atoms with van der Waals surface area (Å²) in [6, 6.07) is 1.54. The number of fused-ring (bicyclic) bond motifs is 1. The van der Waals surface area contributed by atoms with Crippen molar-refractivity contribution in [1.29, 1.82) is 0 Å². The molecule has 1 fully saturated rings. The fraction of sp³-hybridized carbons (Fsp3) is 0.588. The largest absolute Gasteiger partial charge is 0.465 e. The molecule has 1 aliphatic rings. The molecule has 0 radical (unpaired) electrons. The van der Waals surface area contributed by atoms with Gasteiger partial charge in [0.25, 0.3) is 5.56 Å². The van der Waals surface area contributed by atoms with Gasteiger partial charge in [-0.25, -0.2) is 9.31 Å². The Morgan fingerprint density at radius 3 is 2.76 bits per heavy atom. The van der Waals surface area contributed by atoms with E-state index in [1.165, 1.54) is 11.1 Å². The van der Waals surface area contributed by atoms with Gasteiger partial charge in [0.05, 0.1) is 11.9 Å². The van der Waals surface area contributed by atoms with Crippen LogP contribution in [0.15, 0.2) is 17.1 Å². The standard InChI is InChI=1S/C17H23ClN4O3/c1-16(2,3)17(4)8-10(5-6-21(17)15(24)25)12-7-13(23)20-14-11(18)9-19-22(12)14/h7,9-10H,5-6,8H2,1-4H3,(H,20,23)(H,24,25). The molecule has 1 saturated heterocycles. The van der Waals surface area contributed by atoms with E-state index in [1.807, 2.05) is 27.7 Å². The molecule has 2 aromatic rings. The number of carbonyl (C=O) groups is 1. The molecule has 2 N–H and O–H groups in total. The lowest BCUT2D eigenvalue weighted by atomic mass is 9.66. The summed E-state index contributed by atoms with van der Waals surface area (Å²) in [6.45, 7) is 8.53. The Morgan fingerprint density at radius 1 is 1.48 bits per heavy atom. The highest BCUT2D eigenvalue weighted by Gasteiger charge is 2.49. The molecule has 1 amide bonds. The molecule has 0 bridgehead atoms. The minimum atomic E-state index is -0.908. The van der Waals surface area contributed by atoms with Crippen molar-refractivity contribution in [2.75, 3.05) is 6.54 Å². The second kappa shape index (κ2) is 5.76. The molecule has 2 unspecified atom stereocenters. The normalized spacial score (nSPS) is 24.7. The number of piperidine rings is 1. The monoisotopic (exact) mass is 366 g/mol. The van der Waals surface area contributed by atoms with Crippen molar-refractivity contribution >= 4 is 23.3 Å². The van der Waals surface area contributed by atoms with Crippen molar-refractivity contribution in [2.24, 2.45) is 5.41 Å². The van der Waals surface area contributed by atoms with Crippen LogP contribution in [0.1, 0.15) is 52.1 Å². The Morgan fingerprint density at radius 2 is 2.16 bits per heavy atom. The number of nitrogens with one attached hydrogen (secondary N) is 1. The highest BCUT2D eigenvalue weighted by molar-refractivity contribution is 6.33. The van der Waals surface area contributed by atoms with E-state index in [2.05, 4.69) is 10.1 Å². The summed E-state index contributed by atoms with van der Waals surface area (Å²) in [4.78, 5) is 28.1. The number of hydrogen-bond acceptors (Lipinski definition) is 3. The van der Waals surface area contributed by atoms with Crippen LogP contribution in [0.3, 0.4) is 0 Å². The third-order valence-electron chi connectivity index (χ3n) is 5.70. The smallest absolute Gasteiger partial charge is 0.407 e. The van der Waals surface area contributed by atoms with E-state index < -0.39 is 11.6 Å². The second-order valence-corrected chi connectivity index (χ2v) is 8.37. The maximum atomic E-state index is 12.1. The lowest BCUT2D eigenvalue weighted by Gasteiger charge is -2.53. The fourth-order valence-corrected chi connectivity index (χ4v) is 3.94. The Bertz CT molecular complexity index is 882. The maximum absolute atomic E-state index is 12.1. The van der Waals surface area contributed by atoms with Crippen LogP contribution in [0.5, 0.6) is 0 Å². The van der Waals surface area contributed by atoms with Crippen LogP contribution < -0.4 is 5.56 Å². The molecule has 136 valence electrons. The fourth-order valence-electron chi connectivity index (χ4n) is 3.77. The average Bonchev–Trinajstić information content (AvgIpc) is 2.86. The van der Waals surface area contributed by atoms with Crippen molar-refractivity contribution < 1.29 is 9.90 Å². The van der Waals surface area contributed by atoms with E-state index in [4.69, 9.17) is 11.6 Å². The number of aromatic nitrogens is 3. The number of halogens is 1. The summed E-state index contributed by atoms with van der Waals surface area (Å²) >= 11 is 6.11. The highest BCUT2D eigenvalue weighted by Crippen LogP contribution is 2.46. The first-order valence-electron chi connectivity index (χ1n) is 8.31. The van der Waals surface area contributed by atoms with Gasteiger partial charge in [-0.15, -0.1) is 0 Å². The van der Waals surface area contributed by atoms with E-state index >= 15 is 0 Å². The van der Waals surface area contributed by atoms with Gasteiger partial charge < -0.3 is 15.0 Å². The lowest BCUT2D eigenvalue weighted by molar-refractivity contribution is -0.0191. The van der Waals surface area contributed by atoms with E-state index in [9.17, 15) is 14.7 Å². The van der Waals surface area contributed by atoms with Crippen LogP contribution >= 0.6 is 11.6 Å². The predicted molar refractivity (Wildman–Crippen MR) is 95.4 cm³/mol. The number of hydrogen-bond donors (Lipinski definition) is 2. The van der Waals surface area contributed by atoms with Crippen molar-refractivity contribution in [3.05, 3.63) is 33.3 Å². The van der Waals surface area contributed by atoms with Crippen LogP contribution in [-0.2, 0) is 0 Å². The zero-order chi connectivity index (χ0) is 18.6. The highest BCUT2D eigenvalue weighted by atomic mass is 35.5. The third-order valence-corrected chi connectivity index (χ3v) is 5.97. The van der Waals surface area contributed by atoms with E-state index in [0.717, 1.165) is 5.69 Å². The van der Waals surface area contributed by atoms with Gasteiger partial charge in [0, 0.05) is 24.1 Å². The summed E-state index contributed by atoms with van der Waals surface area (Å²) in [7, 11) is 0. The Hall–Kier alpha value is -2.02. The van der Waals surface area contributed by atoms with Crippen molar-refractivity contribution in [2.45, 2.75) is 52.0 Å². The lowest BCUT2D eigenvalue weighted by Crippen LogP contribution is -2.60. The molecular formula is C17H23ClN4O3. The number of aromatic amines is 1. The van der Waals surface area contributed by atoms with Gasteiger partial charge in [0.2, 0.25) is 0 Å². The van der Waals surface area contributed by atoms with Crippen LogP contribution in [0.25, 0.3) is 5.65 Å². The molecule has 0 saturated carbocycles. The van der Waals surface area contributed by atoms with E-state index in [-0.39, 0.29) is 16.9 Å². The predicted octanol–water partition coefficient (Wildman–Crippen LogP) is 3.34. The van der Waals surface area contributed by atoms with Gasteiger partial charge in [0.15, 0.2) is 5.65 Å². The minimum absolute atomic E-state index is 0.0144. The van der Waals surface area contributed by atoms with Crippen LogP contribution in [0.2, 0.25) is 5.02 Å². The molecular weight excluding hydrogens is 344 g/mol. The third kappa shape index (κ3) is 2.80. The number of amides is 1. The first-order chi connectivity index (χ1) is 11.5. The molecule has 3 rings (SSSR count). The molecule has 8 heteroatoms. The summed E-state index contributed by atoms with van der Waals surface area (Å²) < 4.78 is 1.66. The number of H-pyrrole nitrogens is 1. The second-order valence-electron chi connectivity index (χ2n) is 7.96. The zero-order valence-electron chi connectivity index (χ0n) is 14.8. The summed E-state index contributed by atoms with van der Waals surface area (Å²) in [5, 5.41) is 14.3. The first-order valence-corrected chi connectivity index (χ1v) is 8.69. The van der Waals surface area contributed by atoms with Gasteiger partial charge in [-0.3, -0.25) is 4.79 Å². The van der Waals surface area contributed by atoms with E-state index in [0.29, 0.717) is 30.1 Å². The molecule has 0 spiro atoms. The number of likely N-dealkylation sites (tertiary alicyclic amines) is 1. The van der Waals surface area contributed by atoms with Crippen molar-refractivity contribution in [3.8, 4) is 0 Å². The molecule has 2 aromatic heterocycles. The molecule has 25 heavy (non-hydrogen) atoms. The van der Waals surface area contributed by atoms with Gasteiger partial charge in [-0.05, 0) is 25.2 Å². The topological polar surface area (TPSA) is 90.7 Å². The van der Waals surface area contributed by atoms with Crippen LogP contribution in [0, 0.1) is 5.41 Å². The van der Waals surface area contributed by atoms with Crippen LogP contribution in [-0.4, -0.2) is 42.8 Å². The number of rotatable bonds is 1. The average molecular weight is 367 g/mol. The van der Waals surface area contributed by atoms with Crippen molar-refractivity contribution in [1.82, 2.24) is 19.5 Å². The van der Waals surface area contributed by atoms with Crippen LogP contribution in [0.4, 0.5) is 4.79 Å². The number of carboxylic acid groups (broad SMARTS) is 1. The Labute approximate surface area is 150 Å². The molecule has 2 atom stereocenters. The number of nitrogens with zero attached hydrogens (tertiary/aromatic N) is 3. The molecule has 1 aliphatic heterocycles. The summed E-state index contributed by atoms with van der Waals surface area (Å²) in [5.74, 6) is 0.0144.